The molecule has 0 fully saturated rings. The summed E-state index contributed by atoms with van der Waals surface area (Å²) in [6.45, 7) is 4.72. The van der Waals surface area contributed by atoms with Crippen molar-refractivity contribution in [2.24, 2.45) is 5.73 Å². The van der Waals surface area contributed by atoms with Crippen molar-refractivity contribution >= 4 is 0 Å². The smallest absolute Gasteiger partial charge is 0.137 e. The Hall–Kier alpha value is -1.09. The summed E-state index contributed by atoms with van der Waals surface area (Å²) in [6.07, 6.45) is 2.73. The van der Waals surface area contributed by atoms with E-state index >= 15 is 0 Å². The third-order valence-electron chi connectivity index (χ3n) is 1.70. The number of hydrogen-bond acceptors (Lipinski definition) is 3. The largest absolute Gasteiger partial charge is 0.492 e. The minimum absolute atomic E-state index is 0.0137. The first-order valence-corrected chi connectivity index (χ1v) is 4.58. The van der Waals surface area contributed by atoms with Crippen molar-refractivity contribution in [2.75, 3.05) is 6.61 Å². The lowest BCUT2D eigenvalue weighted by atomic mass is 10.2. The second-order valence-electron chi connectivity index (χ2n) is 3.06. The van der Waals surface area contributed by atoms with Gasteiger partial charge in [0.2, 0.25) is 0 Å². The summed E-state index contributed by atoms with van der Waals surface area (Å²) in [5.74, 6) is 0.811. The standard InChI is InChI=1S/C10H16N2O/c1-3-6-13-9-4-5-10(8(2)11)12-7-9/h4-5,7-8H,3,6,11H2,1-2H3/t8-/m1/s1. The fourth-order valence-electron chi connectivity index (χ4n) is 0.966. The number of nitrogens with zero attached hydrogens (tertiary/aromatic N) is 1. The van der Waals surface area contributed by atoms with Crippen molar-refractivity contribution in [3.63, 3.8) is 0 Å². The van der Waals surface area contributed by atoms with Gasteiger partial charge in [-0.3, -0.25) is 4.98 Å². The molecule has 0 aliphatic carbocycles. The highest BCUT2D eigenvalue weighted by Gasteiger charge is 2.00. The zero-order valence-electron chi connectivity index (χ0n) is 8.16. The fraction of sp³-hybridized carbons (Fsp3) is 0.500. The molecule has 1 aromatic heterocycles. The van der Waals surface area contributed by atoms with Crippen LogP contribution in [0, 0.1) is 0 Å². The molecular weight excluding hydrogens is 164 g/mol. The summed E-state index contributed by atoms with van der Waals surface area (Å²) in [4.78, 5) is 4.18. The van der Waals surface area contributed by atoms with Crippen molar-refractivity contribution in [1.29, 1.82) is 0 Å². The molecule has 1 rings (SSSR count). The van der Waals surface area contributed by atoms with Crippen LogP contribution in [0.3, 0.4) is 0 Å². The fourth-order valence-corrected chi connectivity index (χ4v) is 0.966. The first-order chi connectivity index (χ1) is 6.24. The lowest BCUT2D eigenvalue weighted by Gasteiger charge is -2.06. The first kappa shape index (κ1) is 9.99. The molecule has 1 atom stereocenters. The SMILES string of the molecule is CCCOc1ccc([C@@H](C)N)nc1. The molecule has 13 heavy (non-hydrogen) atoms. The predicted octanol–water partition coefficient (Wildman–Crippen LogP) is 1.89. The Morgan fingerprint density at radius 1 is 1.54 bits per heavy atom. The molecule has 0 radical (unpaired) electrons. The van der Waals surface area contributed by atoms with Crippen molar-refractivity contribution < 1.29 is 4.74 Å². The molecule has 0 bridgehead atoms. The minimum Gasteiger partial charge on any atom is -0.492 e. The van der Waals surface area contributed by atoms with Crippen LogP contribution < -0.4 is 10.5 Å². The lowest BCUT2D eigenvalue weighted by Crippen LogP contribution is -2.07. The van der Waals surface area contributed by atoms with Crippen LogP contribution in [0.15, 0.2) is 18.3 Å². The molecule has 1 aromatic rings. The molecule has 0 amide bonds. The Labute approximate surface area is 78.9 Å². The average Bonchev–Trinajstić information content (AvgIpc) is 2.15. The molecule has 0 aliphatic rings. The molecule has 0 spiro atoms. The van der Waals surface area contributed by atoms with E-state index in [4.69, 9.17) is 10.5 Å². The molecule has 2 N–H and O–H groups in total. The third kappa shape index (κ3) is 3.03. The quantitative estimate of drug-likeness (QED) is 0.769. The van der Waals surface area contributed by atoms with Gasteiger partial charge in [0.15, 0.2) is 0 Å². The van der Waals surface area contributed by atoms with Gasteiger partial charge in [-0.1, -0.05) is 6.92 Å². The average molecular weight is 180 g/mol. The van der Waals surface area contributed by atoms with Crippen molar-refractivity contribution in [3.05, 3.63) is 24.0 Å². The predicted molar refractivity (Wildman–Crippen MR) is 52.6 cm³/mol. The van der Waals surface area contributed by atoms with Crippen molar-refractivity contribution in [2.45, 2.75) is 26.3 Å². The highest BCUT2D eigenvalue weighted by molar-refractivity contribution is 5.20. The van der Waals surface area contributed by atoms with E-state index in [-0.39, 0.29) is 6.04 Å². The van der Waals surface area contributed by atoms with Crippen LogP contribution in [0.25, 0.3) is 0 Å². The van der Waals surface area contributed by atoms with Crippen LogP contribution in [-0.4, -0.2) is 11.6 Å². The van der Waals surface area contributed by atoms with Gasteiger partial charge in [0.05, 0.1) is 18.5 Å². The van der Waals surface area contributed by atoms with Gasteiger partial charge in [-0.25, -0.2) is 0 Å². The monoisotopic (exact) mass is 180 g/mol. The lowest BCUT2D eigenvalue weighted by molar-refractivity contribution is 0.316. The highest BCUT2D eigenvalue weighted by Crippen LogP contribution is 2.12. The molecule has 0 saturated carbocycles. The van der Waals surface area contributed by atoms with Crippen LogP contribution >= 0.6 is 0 Å². The van der Waals surface area contributed by atoms with Gasteiger partial charge >= 0.3 is 0 Å². The van der Waals surface area contributed by atoms with Crippen LogP contribution in [0.2, 0.25) is 0 Å². The molecule has 0 unspecified atom stereocenters. The maximum absolute atomic E-state index is 5.66. The van der Waals surface area contributed by atoms with E-state index in [1.54, 1.807) is 6.20 Å². The Morgan fingerprint density at radius 2 is 2.31 bits per heavy atom. The third-order valence-corrected chi connectivity index (χ3v) is 1.70. The normalized spacial score (nSPS) is 12.5. The van der Waals surface area contributed by atoms with E-state index in [1.807, 2.05) is 19.1 Å². The second kappa shape index (κ2) is 4.82. The van der Waals surface area contributed by atoms with E-state index in [9.17, 15) is 0 Å². The molecule has 72 valence electrons. The van der Waals surface area contributed by atoms with Crippen LogP contribution in [0.5, 0.6) is 5.75 Å². The number of ether oxygens (including phenoxy) is 1. The first-order valence-electron chi connectivity index (χ1n) is 4.58. The van der Waals surface area contributed by atoms with Gasteiger partial charge in [0.25, 0.3) is 0 Å². The van der Waals surface area contributed by atoms with Crippen LogP contribution in [0.4, 0.5) is 0 Å². The summed E-state index contributed by atoms with van der Waals surface area (Å²) in [5, 5.41) is 0. The number of pyridine rings is 1. The number of nitrogens with two attached hydrogens (primary N) is 1. The highest BCUT2D eigenvalue weighted by atomic mass is 16.5. The maximum Gasteiger partial charge on any atom is 0.137 e. The zero-order valence-corrected chi connectivity index (χ0v) is 8.16. The van der Waals surface area contributed by atoms with E-state index in [2.05, 4.69) is 11.9 Å². The van der Waals surface area contributed by atoms with Gasteiger partial charge in [0, 0.05) is 6.04 Å². The molecule has 1 heterocycles. The molecule has 3 nitrogen and oxygen atoms in total. The van der Waals surface area contributed by atoms with Crippen molar-refractivity contribution in [3.8, 4) is 5.75 Å². The van der Waals surface area contributed by atoms with E-state index in [1.165, 1.54) is 0 Å². The Kier molecular flexibility index (Phi) is 3.71. The number of hydrogen-bond donors (Lipinski definition) is 1. The Morgan fingerprint density at radius 3 is 2.77 bits per heavy atom. The Bertz CT molecular complexity index is 244. The van der Waals surface area contributed by atoms with Gasteiger partial charge in [-0.05, 0) is 25.5 Å². The van der Waals surface area contributed by atoms with E-state index in [0.29, 0.717) is 0 Å². The summed E-state index contributed by atoms with van der Waals surface area (Å²) < 4.78 is 5.39. The van der Waals surface area contributed by atoms with Crippen LogP contribution in [-0.2, 0) is 0 Å². The van der Waals surface area contributed by atoms with Gasteiger partial charge in [-0.2, -0.15) is 0 Å². The zero-order chi connectivity index (χ0) is 9.68. The van der Waals surface area contributed by atoms with Crippen LogP contribution in [0.1, 0.15) is 32.0 Å². The molecule has 0 aromatic carbocycles. The summed E-state index contributed by atoms with van der Waals surface area (Å²) in [6, 6.07) is 3.79. The summed E-state index contributed by atoms with van der Waals surface area (Å²) in [5.41, 5.74) is 6.55. The molecular formula is C10H16N2O. The van der Waals surface area contributed by atoms with Gasteiger partial charge in [-0.15, -0.1) is 0 Å². The second-order valence-corrected chi connectivity index (χ2v) is 3.06. The molecule has 3 heteroatoms. The van der Waals surface area contributed by atoms with Crippen molar-refractivity contribution in [1.82, 2.24) is 4.98 Å². The minimum atomic E-state index is -0.0137. The maximum atomic E-state index is 5.66. The van der Waals surface area contributed by atoms with E-state index < -0.39 is 0 Å². The van der Waals surface area contributed by atoms with E-state index in [0.717, 1.165) is 24.5 Å². The van der Waals surface area contributed by atoms with Gasteiger partial charge in [0.1, 0.15) is 5.75 Å². The molecule has 0 saturated heterocycles. The summed E-state index contributed by atoms with van der Waals surface area (Å²) in [7, 11) is 0. The van der Waals surface area contributed by atoms with Gasteiger partial charge < -0.3 is 10.5 Å². The number of aromatic nitrogens is 1. The Balaban J connectivity index is 2.59. The topological polar surface area (TPSA) is 48.1 Å². The number of rotatable bonds is 4. The summed E-state index contributed by atoms with van der Waals surface area (Å²) >= 11 is 0. The molecule has 0 aliphatic heterocycles.